The number of hydrogen-bond acceptors (Lipinski definition) is 3. The van der Waals surface area contributed by atoms with Gasteiger partial charge in [0.1, 0.15) is 5.76 Å². The Bertz CT molecular complexity index is 864. The number of aliphatic hydroxyl groups is 1. The number of thioether (sulfide) groups is 1. The van der Waals surface area contributed by atoms with Crippen molar-refractivity contribution in [1.29, 1.82) is 0 Å². The summed E-state index contributed by atoms with van der Waals surface area (Å²) in [5, 5.41) is 10.7. The van der Waals surface area contributed by atoms with E-state index in [0.29, 0.717) is 11.3 Å². The fourth-order valence-corrected chi connectivity index (χ4v) is 5.31. The van der Waals surface area contributed by atoms with Crippen LogP contribution >= 0.6 is 11.8 Å². The van der Waals surface area contributed by atoms with E-state index in [1.807, 2.05) is 0 Å². The molecule has 1 saturated heterocycles. The van der Waals surface area contributed by atoms with Crippen LogP contribution in [0.3, 0.4) is 0 Å². The van der Waals surface area contributed by atoms with E-state index in [-0.39, 0.29) is 17.6 Å². The molecule has 4 rings (SSSR count). The maximum atomic E-state index is 12.9. The van der Waals surface area contributed by atoms with E-state index in [4.69, 9.17) is 0 Å². The van der Waals surface area contributed by atoms with E-state index in [2.05, 4.69) is 56.3 Å². The summed E-state index contributed by atoms with van der Waals surface area (Å²) in [7, 11) is 0. The molecule has 128 valence electrons. The third-order valence-electron chi connectivity index (χ3n) is 5.42. The Morgan fingerprint density at radius 1 is 1.04 bits per heavy atom. The number of ketones is 1. The Hall–Kier alpha value is -2.00. The van der Waals surface area contributed by atoms with Gasteiger partial charge in [0.05, 0.1) is 5.57 Å². The van der Waals surface area contributed by atoms with Crippen molar-refractivity contribution in [3.63, 3.8) is 0 Å². The van der Waals surface area contributed by atoms with Crippen molar-refractivity contribution >= 4 is 23.1 Å². The Labute approximate surface area is 153 Å². The molecule has 1 aliphatic carbocycles. The highest BCUT2D eigenvalue weighted by atomic mass is 32.2. The van der Waals surface area contributed by atoms with E-state index < -0.39 is 0 Å². The highest BCUT2D eigenvalue weighted by Gasteiger charge is 2.46. The van der Waals surface area contributed by atoms with E-state index in [9.17, 15) is 9.90 Å². The van der Waals surface area contributed by atoms with Gasteiger partial charge in [0.15, 0.2) is 5.78 Å². The SMILES string of the molecule is CCc1ccc(-c2ccc(C)cc2)cc1C1=C(O)C2CSCC2C1=O. The van der Waals surface area contributed by atoms with Crippen LogP contribution in [0.5, 0.6) is 0 Å². The standard InChI is InChI=1S/C22H22O2S/c1-3-14-8-9-16(15-6-4-13(2)5-7-15)10-17(14)20-21(23)18-11-25-12-19(18)22(20)24/h4-10,18-19,23H,3,11-12H2,1-2H3. The fraction of sp³-hybridized carbons (Fsp3) is 0.318. The molecule has 0 aromatic heterocycles. The number of fused-ring (bicyclic) bond motifs is 1. The van der Waals surface area contributed by atoms with Gasteiger partial charge in [-0.3, -0.25) is 4.79 Å². The lowest BCUT2D eigenvalue weighted by Gasteiger charge is -2.13. The number of rotatable bonds is 3. The van der Waals surface area contributed by atoms with Crippen molar-refractivity contribution in [1.82, 2.24) is 0 Å². The van der Waals surface area contributed by atoms with Crippen LogP contribution in [0.25, 0.3) is 16.7 Å². The van der Waals surface area contributed by atoms with Crippen LogP contribution in [-0.4, -0.2) is 22.4 Å². The van der Waals surface area contributed by atoms with Gasteiger partial charge >= 0.3 is 0 Å². The number of allylic oxidation sites excluding steroid dienone is 2. The van der Waals surface area contributed by atoms with Gasteiger partial charge in [-0.05, 0) is 41.7 Å². The molecule has 1 heterocycles. The zero-order chi connectivity index (χ0) is 17.6. The van der Waals surface area contributed by atoms with Crippen LogP contribution < -0.4 is 0 Å². The quantitative estimate of drug-likeness (QED) is 0.841. The lowest BCUT2D eigenvalue weighted by atomic mass is 9.91. The van der Waals surface area contributed by atoms with E-state index in [1.54, 1.807) is 11.8 Å². The van der Waals surface area contributed by atoms with Crippen molar-refractivity contribution in [3.8, 4) is 11.1 Å². The van der Waals surface area contributed by atoms with Gasteiger partial charge in [-0.15, -0.1) is 0 Å². The second-order valence-electron chi connectivity index (χ2n) is 6.97. The Morgan fingerprint density at radius 3 is 2.40 bits per heavy atom. The van der Waals surface area contributed by atoms with Crippen LogP contribution in [0, 0.1) is 18.8 Å². The van der Waals surface area contributed by atoms with Gasteiger partial charge in [0, 0.05) is 23.3 Å². The second kappa shape index (κ2) is 6.38. The van der Waals surface area contributed by atoms with Gasteiger partial charge in [-0.25, -0.2) is 0 Å². The molecular weight excluding hydrogens is 328 g/mol. The first-order valence-corrected chi connectivity index (χ1v) is 10.0. The van der Waals surface area contributed by atoms with Gasteiger partial charge in [0.2, 0.25) is 0 Å². The first-order chi connectivity index (χ1) is 12.1. The zero-order valence-electron chi connectivity index (χ0n) is 14.6. The van der Waals surface area contributed by atoms with Gasteiger partial charge in [0.25, 0.3) is 0 Å². The summed E-state index contributed by atoms with van der Waals surface area (Å²) < 4.78 is 0. The predicted molar refractivity (Wildman–Crippen MR) is 105 cm³/mol. The predicted octanol–water partition coefficient (Wildman–Crippen LogP) is 5.06. The first-order valence-electron chi connectivity index (χ1n) is 8.85. The van der Waals surface area contributed by atoms with Crippen molar-refractivity contribution in [2.75, 3.05) is 11.5 Å². The van der Waals surface area contributed by atoms with Crippen LogP contribution in [0.4, 0.5) is 0 Å². The normalized spacial score (nSPS) is 22.6. The van der Waals surface area contributed by atoms with Crippen molar-refractivity contribution in [2.45, 2.75) is 20.3 Å². The third-order valence-corrected chi connectivity index (χ3v) is 6.61. The Kier molecular flexibility index (Phi) is 4.20. The van der Waals surface area contributed by atoms with Crippen LogP contribution in [0.2, 0.25) is 0 Å². The highest BCUT2D eigenvalue weighted by molar-refractivity contribution is 7.99. The smallest absolute Gasteiger partial charge is 0.171 e. The lowest BCUT2D eigenvalue weighted by molar-refractivity contribution is -0.116. The van der Waals surface area contributed by atoms with E-state index in [0.717, 1.165) is 40.2 Å². The molecule has 2 nitrogen and oxygen atoms in total. The number of aliphatic hydroxyl groups excluding tert-OH is 1. The minimum atomic E-state index is -0.0345. The average Bonchev–Trinajstić information content (AvgIpc) is 3.19. The monoisotopic (exact) mass is 350 g/mol. The Balaban J connectivity index is 1.83. The molecular formula is C22H22O2S. The summed E-state index contributed by atoms with van der Waals surface area (Å²) in [6.45, 7) is 4.17. The maximum Gasteiger partial charge on any atom is 0.171 e. The van der Waals surface area contributed by atoms with Crippen LogP contribution in [0.15, 0.2) is 48.2 Å². The maximum absolute atomic E-state index is 12.9. The molecule has 25 heavy (non-hydrogen) atoms. The lowest BCUT2D eigenvalue weighted by Crippen LogP contribution is -2.15. The molecule has 0 bridgehead atoms. The number of carbonyl (C=O) groups is 1. The molecule has 0 spiro atoms. The highest BCUT2D eigenvalue weighted by Crippen LogP contribution is 2.46. The summed E-state index contributed by atoms with van der Waals surface area (Å²) in [4.78, 5) is 12.9. The molecule has 2 aromatic carbocycles. The summed E-state index contributed by atoms with van der Waals surface area (Å²) in [6, 6.07) is 14.7. The third kappa shape index (κ3) is 2.71. The van der Waals surface area contributed by atoms with E-state index in [1.165, 1.54) is 5.56 Å². The zero-order valence-corrected chi connectivity index (χ0v) is 15.4. The number of carbonyl (C=O) groups excluding carboxylic acids is 1. The second-order valence-corrected chi connectivity index (χ2v) is 8.04. The summed E-state index contributed by atoms with van der Waals surface area (Å²) in [5.41, 5.74) is 6.07. The number of aryl methyl sites for hydroxylation is 2. The number of Topliss-reactive ketones (excluding diaryl/α,β-unsaturated/α-hetero) is 1. The average molecular weight is 350 g/mol. The molecule has 2 atom stereocenters. The van der Waals surface area contributed by atoms with Crippen molar-refractivity contribution in [3.05, 3.63) is 64.9 Å². The summed E-state index contributed by atoms with van der Waals surface area (Å²) >= 11 is 1.77. The molecule has 0 radical (unpaired) electrons. The minimum absolute atomic E-state index is 0.0141. The molecule has 1 N–H and O–H groups in total. The summed E-state index contributed by atoms with van der Waals surface area (Å²) in [5.74, 6) is 2.10. The number of hydrogen-bond donors (Lipinski definition) is 1. The summed E-state index contributed by atoms with van der Waals surface area (Å²) in [6.07, 6.45) is 0.845. The molecule has 2 unspecified atom stereocenters. The number of benzene rings is 2. The van der Waals surface area contributed by atoms with Crippen LogP contribution in [0.1, 0.15) is 23.6 Å². The largest absolute Gasteiger partial charge is 0.511 e. The van der Waals surface area contributed by atoms with E-state index >= 15 is 0 Å². The molecule has 0 saturated carbocycles. The molecule has 2 aromatic rings. The fourth-order valence-electron chi connectivity index (χ4n) is 3.89. The minimum Gasteiger partial charge on any atom is -0.511 e. The van der Waals surface area contributed by atoms with Crippen LogP contribution in [-0.2, 0) is 11.2 Å². The van der Waals surface area contributed by atoms with Gasteiger partial charge in [-0.1, -0.05) is 48.9 Å². The van der Waals surface area contributed by atoms with Crippen molar-refractivity contribution < 1.29 is 9.90 Å². The first kappa shape index (κ1) is 16.5. The topological polar surface area (TPSA) is 37.3 Å². The molecule has 2 aliphatic rings. The molecule has 1 aliphatic heterocycles. The molecule has 1 fully saturated rings. The van der Waals surface area contributed by atoms with Gasteiger partial charge in [-0.2, -0.15) is 11.8 Å². The van der Waals surface area contributed by atoms with Gasteiger partial charge < -0.3 is 5.11 Å². The molecule has 3 heteroatoms. The molecule has 0 amide bonds. The Morgan fingerprint density at radius 2 is 1.72 bits per heavy atom. The van der Waals surface area contributed by atoms with Crippen molar-refractivity contribution in [2.24, 2.45) is 11.8 Å².